The maximum absolute atomic E-state index is 13.2. The van der Waals surface area contributed by atoms with Gasteiger partial charge < -0.3 is 20.0 Å². The normalized spacial score (nSPS) is 16.9. The second-order valence-corrected chi connectivity index (χ2v) is 8.14. The molecular weight excluding hydrogens is 429 g/mol. The molecule has 2 heterocycles. The van der Waals surface area contributed by atoms with E-state index in [2.05, 4.69) is 5.32 Å². The van der Waals surface area contributed by atoms with E-state index in [0.29, 0.717) is 75.6 Å². The smallest absolute Gasteiger partial charge is 0.293 e. The van der Waals surface area contributed by atoms with Gasteiger partial charge in [-0.25, -0.2) is 4.39 Å². The van der Waals surface area contributed by atoms with Gasteiger partial charge in [0.2, 0.25) is 0 Å². The Morgan fingerprint density at radius 2 is 1.48 bits per heavy atom. The van der Waals surface area contributed by atoms with Gasteiger partial charge in [0.05, 0.1) is 4.92 Å². The monoisotopic (exact) mass is 455 g/mol. The van der Waals surface area contributed by atoms with Gasteiger partial charge in [0, 0.05) is 69.6 Å². The molecule has 0 unspecified atom stereocenters. The number of nitrogens with one attached hydrogen (secondary N) is 1. The molecule has 2 amide bonds. The van der Waals surface area contributed by atoms with Crippen LogP contribution in [0.2, 0.25) is 0 Å². The number of nitro groups is 1. The summed E-state index contributed by atoms with van der Waals surface area (Å²) in [6.45, 7) is 4.38. The zero-order valence-electron chi connectivity index (χ0n) is 18.2. The van der Waals surface area contributed by atoms with E-state index in [-0.39, 0.29) is 17.5 Å². The Kier molecular flexibility index (Phi) is 6.83. The lowest BCUT2D eigenvalue weighted by Gasteiger charge is -2.28. The second-order valence-electron chi connectivity index (χ2n) is 8.14. The van der Waals surface area contributed by atoms with Gasteiger partial charge in [0.25, 0.3) is 17.5 Å². The van der Waals surface area contributed by atoms with Gasteiger partial charge in [-0.15, -0.1) is 0 Å². The summed E-state index contributed by atoms with van der Waals surface area (Å²) in [5.41, 5.74) is 1.03. The first-order valence-electron chi connectivity index (χ1n) is 11.0. The summed E-state index contributed by atoms with van der Waals surface area (Å²) in [7, 11) is 0. The highest BCUT2D eigenvalue weighted by Crippen LogP contribution is 2.31. The Morgan fingerprint density at radius 3 is 2.18 bits per heavy atom. The van der Waals surface area contributed by atoms with Crippen LogP contribution in [0.25, 0.3) is 0 Å². The number of anilines is 1. The molecule has 174 valence electrons. The van der Waals surface area contributed by atoms with Crippen LogP contribution < -0.4 is 10.2 Å². The van der Waals surface area contributed by atoms with E-state index in [4.69, 9.17) is 0 Å². The van der Waals surface area contributed by atoms with Crippen LogP contribution in [0, 0.1) is 15.9 Å². The van der Waals surface area contributed by atoms with Crippen molar-refractivity contribution in [2.75, 3.05) is 57.3 Å². The molecule has 10 heteroatoms. The van der Waals surface area contributed by atoms with E-state index in [9.17, 15) is 24.1 Å². The maximum Gasteiger partial charge on any atom is 0.293 e. The minimum atomic E-state index is -0.462. The minimum Gasteiger partial charge on any atom is -0.364 e. The number of piperazine rings is 1. The summed E-state index contributed by atoms with van der Waals surface area (Å²) in [4.78, 5) is 42.2. The largest absolute Gasteiger partial charge is 0.364 e. The standard InChI is InChI=1S/C23H26FN5O4/c24-19-5-2-17(3-6-19)22(30)27-11-1-10-26(14-15-27)20-7-4-18(16-21(20)29(32)33)23(31)28-12-8-25-9-13-28/h2-7,16,25H,1,8-15H2. The Morgan fingerprint density at radius 1 is 0.848 bits per heavy atom. The Labute approximate surface area is 190 Å². The molecule has 2 aliphatic rings. The molecule has 2 saturated heterocycles. The number of halogens is 1. The average Bonchev–Trinajstić information content (AvgIpc) is 3.10. The van der Waals surface area contributed by atoms with Gasteiger partial charge in [-0.1, -0.05) is 0 Å². The Bertz CT molecular complexity index is 1040. The number of nitrogens with zero attached hydrogens (tertiary/aromatic N) is 4. The van der Waals surface area contributed by atoms with Gasteiger partial charge in [0.1, 0.15) is 11.5 Å². The van der Waals surface area contributed by atoms with Crippen molar-refractivity contribution in [1.29, 1.82) is 0 Å². The predicted octanol–water partition coefficient (Wildman–Crippen LogP) is 2.13. The molecule has 0 bridgehead atoms. The van der Waals surface area contributed by atoms with Crippen LogP contribution in [0.5, 0.6) is 0 Å². The van der Waals surface area contributed by atoms with E-state index >= 15 is 0 Å². The molecule has 0 aromatic heterocycles. The first kappa shape index (κ1) is 22.7. The summed E-state index contributed by atoms with van der Waals surface area (Å²) in [5.74, 6) is -0.804. The summed E-state index contributed by atoms with van der Waals surface area (Å²) in [5, 5.41) is 15.0. The average molecular weight is 455 g/mol. The van der Waals surface area contributed by atoms with Gasteiger partial charge in [-0.2, -0.15) is 0 Å². The van der Waals surface area contributed by atoms with Crippen LogP contribution in [0.1, 0.15) is 27.1 Å². The quantitative estimate of drug-likeness (QED) is 0.560. The van der Waals surface area contributed by atoms with Crippen molar-refractivity contribution in [1.82, 2.24) is 15.1 Å². The highest BCUT2D eigenvalue weighted by molar-refractivity contribution is 5.96. The van der Waals surface area contributed by atoms with Crippen molar-refractivity contribution >= 4 is 23.2 Å². The molecule has 0 radical (unpaired) electrons. The predicted molar refractivity (Wildman–Crippen MR) is 121 cm³/mol. The third-order valence-electron chi connectivity index (χ3n) is 6.04. The summed E-state index contributed by atoms with van der Waals surface area (Å²) >= 11 is 0. The molecule has 2 aromatic rings. The van der Waals surface area contributed by atoms with Crippen molar-refractivity contribution in [3.63, 3.8) is 0 Å². The van der Waals surface area contributed by atoms with Gasteiger partial charge >= 0.3 is 0 Å². The molecule has 0 aliphatic carbocycles. The van der Waals surface area contributed by atoms with Crippen molar-refractivity contribution in [2.45, 2.75) is 6.42 Å². The van der Waals surface area contributed by atoms with Crippen LogP contribution in [0.3, 0.4) is 0 Å². The maximum atomic E-state index is 13.2. The molecule has 2 fully saturated rings. The van der Waals surface area contributed by atoms with Gasteiger partial charge in [-0.3, -0.25) is 19.7 Å². The Hall–Kier alpha value is -3.53. The molecular formula is C23H26FN5O4. The molecule has 1 N–H and O–H groups in total. The molecule has 4 rings (SSSR count). The van der Waals surface area contributed by atoms with E-state index in [0.717, 1.165) is 0 Å². The number of rotatable bonds is 4. The van der Waals surface area contributed by atoms with Crippen molar-refractivity contribution < 1.29 is 18.9 Å². The summed E-state index contributed by atoms with van der Waals surface area (Å²) in [6.07, 6.45) is 0.631. The SMILES string of the molecule is O=C(c1ccc(N2CCCN(C(=O)c3ccc(F)cc3)CC2)c([N+](=O)[O-])c1)N1CCNCC1. The lowest BCUT2D eigenvalue weighted by molar-refractivity contribution is -0.384. The Balaban J connectivity index is 1.50. The number of carbonyl (C=O) groups excluding carboxylic acids is 2. The fourth-order valence-corrected chi connectivity index (χ4v) is 4.26. The lowest BCUT2D eigenvalue weighted by Crippen LogP contribution is -2.46. The van der Waals surface area contributed by atoms with Crippen molar-refractivity contribution in [3.05, 3.63) is 69.5 Å². The fourth-order valence-electron chi connectivity index (χ4n) is 4.26. The van der Waals surface area contributed by atoms with Crippen LogP contribution in [0.4, 0.5) is 15.8 Å². The number of benzene rings is 2. The molecule has 0 atom stereocenters. The fraction of sp³-hybridized carbons (Fsp3) is 0.391. The molecule has 2 aliphatic heterocycles. The topological polar surface area (TPSA) is 99.0 Å². The van der Waals surface area contributed by atoms with Crippen LogP contribution >= 0.6 is 0 Å². The highest BCUT2D eigenvalue weighted by atomic mass is 19.1. The molecule has 0 spiro atoms. The zero-order chi connectivity index (χ0) is 23.4. The number of carbonyl (C=O) groups is 2. The summed E-state index contributed by atoms with van der Waals surface area (Å²) in [6, 6.07) is 10.0. The third-order valence-corrected chi connectivity index (χ3v) is 6.04. The molecule has 2 aromatic carbocycles. The van der Waals surface area contributed by atoms with E-state index < -0.39 is 10.7 Å². The molecule has 33 heavy (non-hydrogen) atoms. The minimum absolute atomic E-state index is 0.116. The van der Waals surface area contributed by atoms with Gasteiger partial charge in [0.15, 0.2) is 0 Å². The first-order chi connectivity index (χ1) is 15.9. The molecule has 0 saturated carbocycles. The van der Waals surface area contributed by atoms with E-state index in [1.807, 2.05) is 4.90 Å². The van der Waals surface area contributed by atoms with Crippen molar-refractivity contribution in [2.24, 2.45) is 0 Å². The molecule has 9 nitrogen and oxygen atoms in total. The second kappa shape index (κ2) is 9.95. The van der Waals surface area contributed by atoms with Crippen LogP contribution in [-0.4, -0.2) is 78.9 Å². The number of hydrogen-bond acceptors (Lipinski definition) is 6. The number of hydrogen-bond donors (Lipinski definition) is 1. The summed E-state index contributed by atoms with van der Waals surface area (Å²) < 4.78 is 13.2. The number of nitro benzene ring substituents is 1. The highest BCUT2D eigenvalue weighted by Gasteiger charge is 2.27. The number of amides is 2. The van der Waals surface area contributed by atoms with Crippen molar-refractivity contribution in [3.8, 4) is 0 Å². The van der Waals surface area contributed by atoms with E-state index in [1.54, 1.807) is 21.9 Å². The lowest BCUT2D eigenvalue weighted by atomic mass is 10.1. The van der Waals surface area contributed by atoms with E-state index in [1.165, 1.54) is 30.3 Å². The van der Waals surface area contributed by atoms with Crippen LogP contribution in [0.15, 0.2) is 42.5 Å². The van der Waals surface area contributed by atoms with Gasteiger partial charge in [-0.05, 0) is 42.8 Å². The third kappa shape index (κ3) is 5.11. The first-order valence-corrected chi connectivity index (χ1v) is 11.0. The zero-order valence-corrected chi connectivity index (χ0v) is 18.2. The van der Waals surface area contributed by atoms with Crippen LogP contribution in [-0.2, 0) is 0 Å².